The second kappa shape index (κ2) is 4.53. The third-order valence-electron chi connectivity index (χ3n) is 1.91. The molecule has 0 saturated carbocycles. The van der Waals surface area contributed by atoms with Gasteiger partial charge in [-0.05, 0) is 13.0 Å². The minimum Gasteiger partial charge on any atom is -0.427 e. The highest BCUT2D eigenvalue weighted by Gasteiger charge is 2.22. The number of benzene rings is 1. The van der Waals surface area contributed by atoms with Gasteiger partial charge in [0.25, 0.3) is 0 Å². The average Bonchev–Trinajstić information content (AvgIpc) is 2.19. The molecule has 7 heteroatoms. The molecule has 0 spiro atoms. The standard InChI is InChI=1S/C9H6F2N2O3/c1-5-6(4-12)2-3-7(13(14)15)8(5)16-9(10)11/h2-3,9H,1H3. The van der Waals surface area contributed by atoms with Crippen LogP contribution in [0.25, 0.3) is 0 Å². The van der Waals surface area contributed by atoms with Gasteiger partial charge < -0.3 is 4.74 Å². The van der Waals surface area contributed by atoms with Gasteiger partial charge in [0.1, 0.15) is 0 Å². The summed E-state index contributed by atoms with van der Waals surface area (Å²) in [6.07, 6.45) is 0. The maximum Gasteiger partial charge on any atom is 0.387 e. The third kappa shape index (κ3) is 2.23. The van der Waals surface area contributed by atoms with Crippen molar-refractivity contribution in [2.75, 3.05) is 0 Å². The summed E-state index contributed by atoms with van der Waals surface area (Å²) in [6.45, 7) is -1.87. The number of nitro benzene ring substituents is 1. The van der Waals surface area contributed by atoms with Gasteiger partial charge in [-0.1, -0.05) is 0 Å². The molecule has 0 heterocycles. The van der Waals surface area contributed by atoms with E-state index in [1.54, 1.807) is 6.07 Å². The molecule has 0 unspecified atom stereocenters. The van der Waals surface area contributed by atoms with Crippen LogP contribution < -0.4 is 4.74 Å². The zero-order chi connectivity index (χ0) is 12.3. The Morgan fingerprint density at radius 1 is 1.56 bits per heavy atom. The van der Waals surface area contributed by atoms with E-state index in [0.717, 1.165) is 6.07 Å². The van der Waals surface area contributed by atoms with Crippen LogP contribution >= 0.6 is 0 Å². The molecule has 84 valence electrons. The van der Waals surface area contributed by atoms with E-state index < -0.39 is 23.0 Å². The smallest absolute Gasteiger partial charge is 0.387 e. The van der Waals surface area contributed by atoms with Gasteiger partial charge >= 0.3 is 12.3 Å². The highest BCUT2D eigenvalue weighted by molar-refractivity contribution is 5.57. The Hall–Kier alpha value is -2.23. The molecule has 16 heavy (non-hydrogen) atoms. The van der Waals surface area contributed by atoms with Gasteiger partial charge in [0.05, 0.1) is 16.6 Å². The minimum atomic E-state index is -3.17. The second-order valence-corrected chi connectivity index (χ2v) is 2.83. The molecular formula is C9H6F2N2O3. The summed E-state index contributed by atoms with van der Waals surface area (Å²) < 4.78 is 28.2. The maximum atomic E-state index is 12.1. The monoisotopic (exact) mass is 228 g/mol. The Morgan fingerprint density at radius 3 is 2.62 bits per heavy atom. The van der Waals surface area contributed by atoms with Crippen LogP contribution in [0.1, 0.15) is 11.1 Å². The van der Waals surface area contributed by atoms with Crippen molar-refractivity contribution in [1.29, 1.82) is 5.26 Å². The number of ether oxygens (including phenoxy) is 1. The lowest BCUT2D eigenvalue weighted by molar-refractivity contribution is -0.386. The van der Waals surface area contributed by atoms with Gasteiger partial charge in [-0.25, -0.2) is 0 Å². The SMILES string of the molecule is Cc1c(C#N)ccc([N+](=O)[O-])c1OC(F)F. The van der Waals surface area contributed by atoms with Crippen LogP contribution in [0.3, 0.4) is 0 Å². The predicted octanol–water partition coefficient (Wildman–Crippen LogP) is 2.38. The van der Waals surface area contributed by atoms with E-state index in [1.165, 1.54) is 13.0 Å². The fraction of sp³-hybridized carbons (Fsp3) is 0.222. The van der Waals surface area contributed by atoms with Crippen molar-refractivity contribution in [2.45, 2.75) is 13.5 Å². The molecule has 1 aromatic carbocycles. The predicted molar refractivity (Wildman–Crippen MR) is 49.2 cm³/mol. The normalized spacial score (nSPS) is 9.94. The Morgan fingerprint density at radius 2 is 2.19 bits per heavy atom. The molecular weight excluding hydrogens is 222 g/mol. The fourth-order valence-corrected chi connectivity index (χ4v) is 1.18. The van der Waals surface area contributed by atoms with Crippen LogP contribution in [0.4, 0.5) is 14.5 Å². The first-order chi connectivity index (χ1) is 7.47. The van der Waals surface area contributed by atoms with E-state index in [1.807, 2.05) is 0 Å². The number of nitro groups is 1. The summed E-state index contributed by atoms with van der Waals surface area (Å²) in [7, 11) is 0. The number of nitrogens with zero attached hydrogens (tertiary/aromatic N) is 2. The number of halogens is 2. The topological polar surface area (TPSA) is 76.2 Å². The van der Waals surface area contributed by atoms with Gasteiger partial charge in [0.2, 0.25) is 5.75 Å². The van der Waals surface area contributed by atoms with Crippen LogP contribution in [0.5, 0.6) is 5.75 Å². The highest BCUT2D eigenvalue weighted by atomic mass is 19.3. The molecule has 0 aliphatic carbocycles. The van der Waals surface area contributed by atoms with Crippen LogP contribution in [0.15, 0.2) is 12.1 Å². The van der Waals surface area contributed by atoms with E-state index in [-0.39, 0.29) is 11.1 Å². The zero-order valence-corrected chi connectivity index (χ0v) is 8.11. The summed E-state index contributed by atoms with van der Waals surface area (Å²) in [6, 6.07) is 3.88. The zero-order valence-electron chi connectivity index (χ0n) is 8.11. The summed E-state index contributed by atoms with van der Waals surface area (Å²) in [5.41, 5.74) is -0.505. The first kappa shape index (κ1) is 11.8. The Bertz CT molecular complexity index is 469. The third-order valence-corrected chi connectivity index (χ3v) is 1.91. The van der Waals surface area contributed by atoms with Crippen LogP contribution in [-0.4, -0.2) is 11.5 Å². The lowest BCUT2D eigenvalue weighted by atomic mass is 10.1. The molecule has 0 fully saturated rings. The first-order valence-corrected chi connectivity index (χ1v) is 4.10. The van der Waals surface area contributed by atoms with Crippen molar-refractivity contribution in [1.82, 2.24) is 0 Å². The van der Waals surface area contributed by atoms with E-state index in [2.05, 4.69) is 4.74 Å². The largest absolute Gasteiger partial charge is 0.427 e. The van der Waals surface area contributed by atoms with Gasteiger partial charge in [0, 0.05) is 11.6 Å². The molecule has 0 bridgehead atoms. The minimum absolute atomic E-state index is 0.0250. The second-order valence-electron chi connectivity index (χ2n) is 2.83. The molecule has 0 N–H and O–H groups in total. The number of rotatable bonds is 3. The highest BCUT2D eigenvalue weighted by Crippen LogP contribution is 2.33. The Kier molecular flexibility index (Phi) is 3.35. The summed E-state index contributed by atoms with van der Waals surface area (Å²) in [4.78, 5) is 9.71. The van der Waals surface area contributed by atoms with Gasteiger partial charge in [0.15, 0.2) is 0 Å². The van der Waals surface area contributed by atoms with Crippen molar-refractivity contribution in [2.24, 2.45) is 0 Å². The van der Waals surface area contributed by atoms with Crippen molar-refractivity contribution in [3.8, 4) is 11.8 Å². The Labute approximate surface area is 89.0 Å². The molecule has 0 aromatic heterocycles. The van der Waals surface area contributed by atoms with Gasteiger partial charge in [-0.15, -0.1) is 0 Å². The van der Waals surface area contributed by atoms with Crippen LogP contribution in [0, 0.1) is 28.4 Å². The molecule has 0 aliphatic rings. The molecule has 1 aromatic rings. The van der Waals surface area contributed by atoms with Crippen molar-refractivity contribution in [3.05, 3.63) is 33.4 Å². The number of alkyl halides is 2. The van der Waals surface area contributed by atoms with Crippen molar-refractivity contribution >= 4 is 5.69 Å². The van der Waals surface area contributed by atoms with Crippen LogP contribution in [0.2, 0.25) is 0 Å². The lowest BCUT2D eigenvalue weighted by Crippen LogP contribution is -2.06. The number of hydrogen-bond donors (Lipinski definition) is 0. The first-order valence-electron chi connectivity index (χ1n) is 4.10. The lowest BCUT2D eigenvalue weighted by Gasteiger charge is -2.08. The molecule has 0 radical (unpaired) electrons. The van der Waals surface area contributed by atoms with E-state index in [9.17, 15) is 18.9 Å². The summed E-state index contributed by atoms with van der Waals surface area (Å²) in [5.74, 6) is -0.570. The molecule has 1 rings (SSSR count). The maximum absolute atomic E-state index is 12.1. The van der Waals surface area contributed by atoms with Crippen molar-refractivity contribution < 1.29 is 18.4 Å². The van der Waals surface area contributed by atoms with E-state index >= 15 is 0 Å². The summed E-state index contributed by atoms with van der Waals surface area (Å²) in [5, 5.41) is 19.2. The molecule has 0 aliphatic heterocycles. The number of hydrogen-bond acceptors (Lipinski definition) is 4. The van der Waals surface area contributed by atoms with E-state index in [0.29, 0.717) is 0 Å². The summed E-state index contributed by atoms with van der Waals surface area (Å²) >= 11 is 0. The number of nitriles is 1. The van der Waals surface area contributed by atoms with Gasteiger partial charge in [-0.3, -0.25) is 10.1 Å². The average molecular weight is 228 g/mol. The molecule has 5 nitrogen and oxygen atoms in total. The Balaban J connectivity index is 3.38. The molecule has 0 saturated heterocycles. The van der Waals surface area contributed by atoms with Crippen LogP contribution in [-0.2, 0) is 0 Å². The molecule has 0 amide bonds. The molecule has 0 atom stereocenters. The van der Waals surface area contributed by atoms with E-state index in [4.69, 9.17) is 5.26 Å². The quantitative estimate of drug-likeness (QED) is 0.587. The van der Waals surface area contributed by atoms with Crippen molar-refractivity contribution in [3.63, 3.8) is 0 Å². The van der Waals surface area contributed by atoms with Gasteiger partial charge in [-0.2, -0.15) is 14.0 Å². The fourth-order valence-electron chi connectivity index (χ4n) is 1.18.